The van der Waals surface area contributed by atoms with Gasteiger partial charge in [-0.15, -0.1) is 0 Å². The van der Waals surface area contributed by atoms with E-state index in [9.17, 15) is 9.59 Å². The topological polar surface area (TPSA) is 58.2 Å². The molecule has 0 saturated carbocycles. The largest absolute Gasteiger partial charge is 0.325 e. The molecule has 120 valence electrons. The predicted molar refractivity (Wildman–Crippen MR) is 92.7 cm³/mol. The molecule has 4 nitrogen and oxygen atoms in total. The Morgan fingerprint density at radius 1 is 1.00 bits per heavy atom. The summed E-state index contributed by atoms with van der Waals surface area (Å²) in [5.41, 5.74) is 2.57. The standard InChI is InChI=1S/C19H22N2O2/c1-14(20-13-12-16-6-4-3-5-7-16)19(23)21-18-10-8-17(9-11-18)15(2)22/h3-11,14,20H,12-13H2,1-2H3,(H,21,23)/t14-/m0/s1. The first kappa shape index (κ1) is 16.9. The zero-order valence-electron chi connectivity index (χ0n) is 13.5. The molecule has 0 aliphatic carbocycles. The molecule has 2 aromatic rings. The number of rotatable bonds is 7. The number of hydrogen-bond acceptors (Lipinski definition) is 3. The Balaban J connectivity index is 1.79. The van der Waals surface area contributed by atoms with Crippen molar-refractivity contribution in [2.75, 3.05) is 11.9 Å². The first-order valence-electron chi connectivity index (χ1n) is 7.75. The van der Waals surface area contributed by atoms with E-state index in [0.717, 1.165) is 13.0 Å². The molecule has 0 aromatic heterocycles. The van der Waals surface area contributed by atoms with Gasteiger partial charge in [0.1, 0.15) is 0 Å². The fraction of sp³-hybridized carbons (Fsp3) is 0.263. The lowest BCUT2D eigenvalue weighted by Crippen LogP contribution is -2.39. The molecule has 2 rings (SSSR count). The van der Waals surface area contributed by atoms with Crippen LogP contribution < -0.4 is 10.6 Å². The van der Waals surface area contributed by atoms with Crippen molar-refractivity contribution in [3.63, 3.8) is 0 Å². The van der Waals surface area contributed by atoms with E-state index in [-0.39, 0.29) is 17.7 Å². The number of benzene rings is 2. The Bertz CT molecular complexity index is 651. The van der Waals surface area contributed by atoms with Crippen LogP contribution >= 0.6 is 0 Å². The maximum atomic E-state index is 12.1. The molecule has 0 aliphatic rings. The third kappa shape index (κ3) is 5.34. The summed E-state index contributed by atoms with van der Waals surface area (Å²) in [5.74, 6) is -0.0764. The summed E-state index contributed by atoms with van der Waals surface area (Å²) in [7, 11) is 0. The van der Waals surface area contributed by atoms with Gasteiger partial charge in [-0.05, 0) is 56.6 Å². The van der Waals surface area contributed by atoms with Gasteiger partial charge in [-0.3, -0.25) is 9.59 Å². The first-order valence-corrected chi connectivity index (χ1v) is 7.75. The summed E-state index contributed by atoms with van der Waals surface area (Å²) < 4.78 is 0. The van der Waals surface area contributed by atoms with E-state index in [4.69, 9.17) is 0 Å². The fourth-order valence-corrected chi connectivity index (χ4v) is 2.21. The quantitative estimate of drug-likeness (QED) is 0.773. The molecule has 0 unspecified atom stereocenters. The number of anilines is 1. The minimum Gasteiger partial charge on any atom is -0.325 e. The SMILES string of the molecule is CC(=O)c1ccc(NC(=O)[C@H](C)NCCc2ccccc2)cc1. The van der Waals surface area contributed by atoms with Crippen molar-refractivity contribution < 1.29 is 9.59 Å². The number of Topliss-reactive ketones (excluding diaryl/α,β-unsaturated/α-hetero) is 1. The molecule has 4 heteroatoms. The molecule has 0 aliphatic heterocycles. The highest BCUT2D eigenvalue weighted by molar-refractivity contribution is 5.96. The number of amides is 1. The van der Waals surface area contributed by atoms with Gasteiger partial charge in [0.25, 0.3) is 0 Å². The van der Waals surface area contributed by atoms with E-state index in [1.807, 2.05) is 25.1 Å². The van der Waals surface area contributed by atoms with Gasteiger partial charge in [0, 0.05) is 11.3 Å². The summed E-state index contributed by atoms with van der Waals surface area (Å²) in [6.07, 6.45) is 0.881. The normalized spacial score (nSPS) is 11.7. The molecule has 0 fully saturated rings. The molecule has 2 N–H and O–H groups in total. The second-order valence-electron chi connectivity index (χ2n) is 5.53. The average Bonchev–Trinajstić information content (AvgIpc) is 2.56. The van der Waals surface area contributed by atoms with Crippen molar-refractivity contribution in [1.82, 2.24) is 5.32 Å². The summed E-state index contributed by atoms with van der Waals surface area (Å²) >= 11 is 0. The minimum atomic E-state index is -0.286. The monoisotopic (exact) mass is 310 g/mol. The van der Waals surface area contributed by atoms with Crippen LogP contribution in [0.25, 0.3) is 0 Å². The van der Waals surface area contributed by atoms with E-state index in [0.29, 0.717) is 11.3 Å². The highest BCUT2D eigenvalue weighted by atomic mass is 16.2. The highest BCUT2D eigenvalue weighted by Crippen LogP contribution is 2.10. The van der Waals surface area contributed by atoms with Crippen LogP contribution in [0.15, 0.2) is 54.6 Å². The number of carbonyl (C=O) groups excluding carboxylic acids is 2. The van der Waals surface area contributed by atoms with Crippen molar-refractivity contribution in [1.29, 1.82) is 0 Å². The van der Waals surface area contributed by atoms with Gasteiger partial charge in [-0.1, -0.05) is 30.3 Å². The first-order chi connectivity index (χ1) is 11.1. The van der Waals surface area contributed by atoms with Crippen LogP contribution in [0.1, 0.15) is 29.8 Å². The van der Waals surface area contributed by atoms with Crippen LogP contribution in [0.2, 0.25) is 0 Å². The molecular weight excluding hydrogens is 288 g/mol. The van der Waals surface area contributed by atoms with E-state index in [1.165, 1.54) is 12.5 Å². The van der Waals surface area contributed by atoms with Gasteiger partial charge < -0.3 is 10.6 Å². The Hall–Kier alpha value is -2.46. The van der Waals surface area contributed by atoms with E-state index in [2.05, 4.69) is 22.8 Å². The zero-order chi connectivity index (χ0) is 16.7. The van der Waals surface area contributed by atoms with Gasteiger partial charge in [-0.2, -0.15) is 0 Å². The number of ketones is 1. The third-order valence-corrected chi connectivity index (χ3v) is 3.66. The molecule has 1 amide bonds. The lowest BCUT2D eigenvalue weighted by molar-refractivity contribution is -0.117. The van der Waals surface area contributed by atoms with Gasteiger partial charge in [0.2, 0.25) is 5.91 Å². The summed E-state index contributed by atoms with van der Waals surface area (Å²) in [5, 5.41) is 6.06. The molecule has 0 radical (unpaired) electrons. The van der Waals surface area contributed by atoms with Gasteiger partial charge in [0.15, 0.2) is 5.78 Å². The lowest BCUT2D eigenvalue weighted by atomic mass is 10.1. The Morgan fingerprint density at radius 2 is 1.65 bits per heavy atom. The highest BCUT2D eigenvalue weighted by Gasteiger charge is 2.12. The number of hydrogen-bond donors (Lipinski definition) is 2. The molecular formula is C19H22N2O2. The lowest BCUT2D eigenvalue weighted by Gasteiger charge is -2.14. The fourth-order valence-electron chi connectivity index (χ4n) is 2.21. The van der Waals surface area contributed by atoms with Crippen molar-refractivity contribution in [3.05, 3.63) is 65.7 Å². The van der Waals surface area contributed by atoms with Crippen LogP contribution in [0.3, 0.4) is 0 Å². The van der Waals surface area contributed by atoms with Crippen LogP contribution in [0.4, 0.5) is 5.69 Å². The van der Waals surface area contributed by atoms with Gasteiger partial charge in [0.05, 0.1) is 6.04 Å². The minimum absolute atomic E-state index is 0.0128. The summed E-state index contributed by atoms with van der Waals surface area (Å²) in [4.78, 5) is 23.4. The Labute approximate surface area is 136 Å². The molecule has 0 spiro atoms. The maximum Gasteiger partial charge on any atom is 0.241 e. The van der Waals surface area contributed by atoms with Crippen molar-refractivity contribution in [2.24, 2.45) is 0 Å². The summed E-state index contributed by atoms with van der Waals surface area (Å²) in [6, 6.07) is 16.8. The van der Waals surface area contributed by atoms with Crippen molar-refractivity contribution >= 4 is 17.4 Å². The summed E-state index contributed by atoms with van der Waals surface area (Å²) in [6.45, 7) is 4.10. The maximum absolute atomic E-state index is 12.1. The van der Waals surface area contributed by atoms with E-state index in [1.54, 1.807) is 24.3 Å². The predicted octanol–water partition coefficient (Wildman–Crippen LogP) is 3.05. The van der Waals surface area contributed by atoms with Crippen LogP contribution in [0, 0.1) is 0 Å². The molecule has 0 heterocycles. The zero-order valence-corrected chi connectivity index (χ0v) is 13.5. The van der Waals surface area contributed by atoms with Crippen molar-refractivity contribution in [2.45, 2.75) is 26.3 Å². The number of carbonyl (C=O) groups is 2. The molecule has 1 atom stereocenters. The van der Waals surface area contributed by atoms with Crippen LogP contribution in [-0.2, 0) is 11.2 Å². The Morgan fingerprint density at radius 3 is 2.26 bits per heavy atom. The molecule has 23 heavy (non-hydrogen) atoms. The smallest absolute Gasteiger partial charge is 0.241 e. The Kier molecular flexibility index (Phi) is 6.06. The second-order valence-corrected chi connectivity index (χ2v) is 5.53. The molecule has 2 aromatic carbocycles. The van der Waals surface area contributed by atoms with Crippen molar-refractivity contribution in [3.8, 4) is 0 Å². The van der Waals surface area contributed by atoms with E-state index >= 15 is 0 Å². The average molecular weight is 310 g/mol. The van der Waals surface area contributed by atoms with Crippen LogP contribution in [-0.4, -0.2) is 24.3 Å². The van der Waals surface area contributed by atoms with Gasteiger partial charge >= 0.3 is 0 Å². The molecule has 0 bridgehead atoms. The van der Waals surface area contributed by atoms with E-state index < -0.39 is 0 Å². The molecule has 0 saturated heterocycles. The third-order valence-electron chi connectivity index (χ3n) is 3.66. The number of nitrogens with one attached hydrogen (secondary N) is 2. The second kappa shape index (κ2) is 8.25. The van der Waals surface area contributed by atoms with Gasteiger partial charge in [-0.25, -0.2) is 0 Å². The van der Waals surface area contributed by atoms with Crippen LogP contribution in [0.5, 0.6) is 0 Å².